The summed E-state index contributed by atoms with van der Waals surface area (Å²) < 4.78 is 15.8. The molecule has 0 saturated carbocycles. The van der Waals surface area contributed by atoms with Crippen molar-refractivity contribution in [3.8, 4) is 11.5 Å². The van der Waals surface area contributed by atoms with Crippen molar-refractivity contribution in [2.45, 2.75) is 13.5 Å². The summed E-state index contributed by atoms with van der Waals surface area (Å²) >= 11 is 1.34. The topological polar surface area (TPSA) is 78.0 Å². The first-order valence-electron chi connectivity index (χ1n) is 8.72. The summed E-state index contributed by atoms with van der Waals surface area (Å²) in [5.41, 5.74) is 1.76. The molecule has 29 heavy (non-hydrogen) atoms. The number of aromatic nitrogens is 1. The molecule has 0 N–H and O–H groups in total. The Labute approximate surface area is 172 Å². The van der Waals surface area contributed by atoms with E-state index in [4.69, 9.17) is 9.47 Å². The lowest BCUT2D eigenvalue weighted by Crippen LogP contribution is -2.23. The fourth-order valence-corrected chi connectivity index (χ4v) is 3.51. The predicted octanol–water partition coefficient (Wildman–Crippen LogP) is 4.20. The fraction of sp³-hybridized carbons (Fsp3) is 0.190. The Bertz CT molecular complexity index is 1000. The van der Waals surface area contributed by atoms with Crippen molar-refractivity contribution in [2.24, 2.45) is 0 Å². The average molecular weight is 412 g/mol. The van der Waals surface area contributed by atoms with Gasteiger partial charge in [0.15, 0.2) is 5.13 Å². The van der Waals surface area contributed by atoms with Crippen LogP contribution >= 0.6 is 11.3 Å². The van der Waals surface area contributed by atoms with Crippen molar-refractivity contribution < 1.29 is 23.8 Å². The number of rotatable bonds is 7. The Balaban J connectivity index is 1.73. The van der Waals surface area contributed by atoms with Crippen molar-refractivity contribution in [1.82, 2.24) is 4.98 Å². The van der Waals surface area contributed by atoms with Crippen LogP contribution in [0.1, 0.15) is 23.0 Å². The second-order valence-corrected chi connectivity index (χ2v) is 6.79. The lowest BCUT2D eigenvalue weighted by Gasteiger charge is -2.20. The number of hydrogen-bond acceptors (Lipinski definition) is 7. The van der Waals surface area contributed by atoms with Crippen molar-refractivity contribution in [3.63, 3.8) is 0 Å². The Kier molecular flexibility index (Phi) is 6.46. The second-order valence-electron chi connectivity index (χ2n) is 5.95. The molecule has 0 radical (unpaired) electrons. The highest BCUT2D eigenvalue weighted by Crippen LogP contribution is 2.35. The number of amides is 1. The zero-order valence-electron chi connectivity index (χ0n) is 16.2. The highest BCUT2D eigenvalue weighted by atomic mass is 32.1. The van der Waals surface area contributed by atoms with Gasteiger partial charge in [0.25, 0.3) is 0 Å². The normalized spacial score (nSPS) is 10.3. The number of hydrogen-bond donors (Lipinski definition) is 0. The van der Waals surface area contributed by atoms with Gasteiger partial charge in [-0.2, -0.15) is 0 Å². The van der Waals surface area contributed by atoms with Crippen molar-refractivity contribution in [1.29, 1.82) is 0 Å². The number of thiazole rings is 1. The van der Waals surface area contributed by atoms with E-state index in [0.29, 0.717) is 33.6 Å². The lowest BCUT2D eigenvalue weighted by molar-refractivity contribution is -0.115. The molecule has 0 saturated heterocycles. The van der Waals surface area contributed by atoms with Gasteiger partial charge in [-0.05, 0) is 36.4 Å². The number of anilines is 2. The van der Waals surface area contributed by atoms with Crippen LogP contribution in [0.15, 0.2) is 53.9 Å². The number of esters is 1. The quantitative estimate of drug-likeness (QED) is 0.541. The van der Waals surface area contributed by atoms with Gasteiger partial charge in [-0.15, -0.1) is 11.3 Å². The first-order valence-corrected chi connectivity index (χ1v) is 9.60. The van der Waals surface area contributed by atoms with Crippen LogP contribution in [0.5, 0.6) is 11.5 Å². The van der Waals surface area contributed by atoms with Crippen LogP contribution in [0.25, 0.3) is 0 Å². The molecule has 7 nitrogen and oxygen atoms in total. The van der Waals surface area contributed by atoms with Crippen LogP contribution in [-0.2, 0) is 16.1 Å². The molecule has 0 fully saturated rings. The maximum atomic E-state index is 12.3. The minimum Gasteiger partial charge on any atom is -0.495 e. The zero-order valence-corrected chi connectivity index (χ0v) is 17.1. The largest absolute Gasteiger partial charge is 0.495 e. The third kappa shape index (κ3) is 4.72. The molecule has 0 unspecified atom stereocenters. The molecule has 0 atom stereocenters. The molecule has 0 bridgehead atoms. The van der Waals surface area contributed by atoms with Gasteiger partial charge in [0, 0.05) is 12.3 Å². The summed E-state index contributed by atoms with van der Waals surface area (Å²) in [6, 6.07) is 13.9. The molecule has 1 heterocycles. The minimum atomic E-state index is -0.402. The number of para-hydroxylation sites is 2. The van der Waals surface area contributed by atoms with Gasteiger partial charge in [0.05, 0.1) is 31.2 Å². The molecule has 0 aliphatic carbocycles. The average Bonchev–Trinajstić information content (AvgIpc) is 3.20. The molecule has 8 heteroatoms. The SMILES string of the molecule is COC(=O)c1ccc(OCc2csc(N(C(C)=O)c3ccccc3OC)n2)cc1. The van der Waals surface area contributed by atoms with Gasteiger partial charge in [-0.25, -0.2) is 9.78 Å². The standard InChI is InChI=1S/C21H20N2O5S/c1-14(24)23(18-6-4-5-7-19(18)26-2)21-22-16(13-29-21)12-28-17-10-8-15(9-11-17)20(25)27-3/h4-11,13H,12H2,1-3H3. The van der Waals surface area contributed by atoms with Crippen LogP contribution in [0.3, 0.4) is 0 Å². The molecule has 1 amide bonds. The van der Waals surface area contributed by atoms with E-state index in [2.05, 4.69) is 9.72 Å². The smallest absolute Gasteiger partial charge is 0.337 e. The summed E-state index contributed by atoms with van der Waals surface area (Å²) in [4.78, 5) is 29.8. The number of nitrogens with zero attached hydrogens (tertiary/aromatic N) is 2. The van der Waals surface area contributed by atoms with E-state index < -0.39 is 5.97 Å². The maximum absolute atomic E-state index is 12.3. The molecule has 2 aromatic carbocycles. The van der Waals surface area contributed by atoms with E-state index in [9.17, 15) is 9.59 Å². The van der Waals surface area contributed by atoms with Gasteiger partial charge < -0.3 is 14.2 Å². The molecular weight excluding hydrogens is 392 g/mol. The van der Waals surface area contributed by atoms with E-state index in [1.165, 1.54) is 30.3 Å². The molecule has 3 aromatic rings. The van der Waals surface area contributed by atoms with Crippen LogP contribution in [0.4, 0.5) is 10.8 Å². The summed E-state index contributed by atoms with van der Waals surface area (Å²) in [7, 11) is 2.89. The number of benzene rings is 2. The number of carbonyl (C=O) groups is 2. The summed E-state index contributed by atoms with van der Waals surface area (Å²) in [6.07, 6.45) is 0. The third-order valence-corrected chi connectivity index (χ3v) is 4.91. The third-order valence-electron chi connectivity index (χ3n) is 4.03. The lowest BCUT2D eigenvalue weighted by atomic mass is 10.2. The van der Waals surface area contributed by atoms with Gasteiger partial charge in [-0.3, -0.25) is 9.69 Å². The molecule has 0 aliphatic heterocycles. The second kappa shape index (κ2) is 9.20. The number of carbonyl (C=O) groups excluding carboxylic acids is 2. The first kappa shape index (κ1) is 20.3. The van der Waals surface area contributed by atoms with E-state index >= 15 is 0 Å². The molecule has 150 valence electrons. The van der Waals surface area contributed by atoms with E-state index in [1.54, 1.807) is 43.5 Å². The van der Waals surface area contributed by atoms with Crippen molar-refractivity contribution in [3.05, 3.63) is 65.2 Å². The van der Waals surface area contributed by atoms with E-state index in [0.717, 1.165) is 0 Å². The summed E-state index contributed by atoms with van der Waals surface area (Å²) in [5.74, 6) is 0.609. The molecular formula is C21H20N2O5S. The van der Waals surface area contributed by atoms with Gasteiger partial charge >= 0.3 is 5.97 Å². The summed E-state index contributed by atoms with van der Waals surface area (Å²) in [5, 5.41) is 2.37. The van der Waals surface area contributed by atoms with Gasteiger partial charge in [0.1, 0.15) is 18.1 Å². The molecule has 3 rings (SSSR count). The summed E-state index contributed by atoms with van der Waals surface area (Å²) in [6.45, 7) is 1.71. The first-order chi connectivity index (χ1) is 14.0. The Hall–Kier alpha value is -3.39. The monoisotopic (exact) mass is 412 g/mol. The maximum Gasteiger partial charge on any atom is 0.337 e. The van der Waals surface area contributed by atoms with Crippen LogP contribution in [-0.4, -0.2) is 31.1 Å². The Morgan fingerprint density at radius 3 is 2.45 bits per heavy atom. The van der Waals surface area contributed by atoms with E-state index in [1.807, 2.05) is 17.5 Å². The number of ether oxygens (including phenoxy) is 3. The molecule has 0 aliphatic rings. The van der Waals surface area contributed by atoms with Crippen LogP contribution in [0.2, 0.25) is 0 Å². The Morgan fingerprint density at radius 2 is 1.79 bits per heavy atom. The highest BCUT2D eigenvalue weighted by molar-refractivity contribution is 7.14. The number of methoxy groups -OCH3 is 2. The van der Waals surface area contributed by atoms with Gasteiger partial charge in [0.2, 0.25) is 5.91 Å². The highest BCUT2D eigenvalue weighted by Gasteiger charge is 2.21. The fourth-order valence-electron chi connectivity index (χ4n) is 2.65. The van der Waals surface area contributed by atoms with Gasteiger partial charge in [-0.1, -0.05) is 12.1 Å². The van der Waals surface area contributed by atoms with Crippen molar-refractivity contribution in [2.75, 3.05) is 19.1 Å². The molecule has 1 aromatic heterocycles. The minimum absolute atomic E-state index is 0.172. The van der Waals surface area contributed by atoms with Crippen molar-refractivity contribution >= 4 is 34.0 Å². The van der Waals surface area contributed by atoms with Crippen LogP contribution < -0.4 is 14.4 Å². The predicted molar refractivity (Wildman–Crippen MR) is 110 cm³/mol. The Morgan fingerprint density at radius 1 is 1.07 bits per heavy atom. The zero-order chi connectivity index (χ0) is 20.8. The molecule has 0 spiro atoms. The van der Waals surface area contributed by atoms with E-state index in [-0.39, 0.29) is 12.5 Å². The van der Waals surface area contributed by atoms with Crippen LogP contribution in [0, 0.1) is 0 Å².